The minimum atomic E-state index is 0.647. The van der Waals surface area contributed by atoms with Crippen molar-refractivity contribution >= 4 is 23.5 Å². The van der Waals surface area contributed by atoms with Crippen molar-refractivity contribution in [2.24, 2.45) is 5.92 Å². The Balaban J connectivity index is 1.23. The number of rotatable bonds is 7. The van der Waals surface area contributed by atoms with Crippen molar-refractivity contribution in [2.45, 2.75) is 42.2 Å². The van der Waals surface area contributed by atoms with E-state index in [4.69, 9.17) is 9.47 Å². The number of hydrogen-bond acceptors (Lipinski definition) is 5. The van der Waals surface area contributed by atoms with E-state index in [-0.39, 0.29) is 0 Å². The Bertz CT molecular complexity index is 287. The Hall–Kier alpha value is 0.580. The van der Waals surface area contributed by atoms with E-state index >= 15 is 0 Å². The van der Waals surface area contributed by atoms with Crippen molar-refractivity contribution in [3.8, 4) is 0 Å². The van der Waals surface area contributed by atoms with Gasteiger partial charge in [0.2, 0.25) is 0 Å². The summed E-state index contributed by atoms with van der Waals surface area (Å²) in [6.45, 7) is 4.72. The second-order valence-corrected chi connectivity index (χ2v) is 8.67. The molecule has 0 spiro atoms. The molecule has 5 heteroatoms. The van der Waals surface area contributed by atoms with Crippen LogP contribution < -0.4 is 5.32 Å². The third-order valence-electron chi connectivity index (χ3n) is 4.50. The largest absolute Gasteiger partial charge is 0.381 e. The smallest absolute Gasteiger partial charge is 0.0517 e. The molecule has 0 bridgehead atoms. The fourth-order valence-corrected chi connectivity index (χ4v) is 6.68. The molecule has 1 saturated carbocycles. The fraction of sp³-hybridized carbons (Fsp3) is 1.00. The highest BCUT2D eigenvalue weighted by Crippen LogP contribution is 2.41. The van der Waals surface area contributed by atoms with Gasteiger partial charge in [0.05, 0.1) is 13.2 Å². The molecule has 3 fully saturated rings. The Morgan fingerprint density at radius 2 is 2.10 bits per heavy atom. The van der Waals surface area contributed by atoms with Gasteiger partial charge in [-0.1, -0.05) is 0 Å². The lowest BCUT2D eigenvalue weighted by atomic mass is 10.1. The second kappa shape index (κ2) is 8.28. The molecule has 1 N–H and O–H groups in total. The lowest BCUT2D eigenvalue weighted by Crippen LogP contribution is -2.39. The van der Waals surface area contributed by atoms with Crippen LogP contribution in [0.4, 0.5) is 0 Å². The van der Waals surface area contributed by atoms with Crippen LogP contribution in [0.15, 0.2) is 0 Å². The van der Waals surface area contributed by atoms with Crippen molar-refractivity contribution in [3.63, 3.8) is 0 Å². The first-order valence-electron chi connectivity index (χ1n) is 8.05. The molecule has 2 heterocycles. The second-order valence-electron chi connectivity index (χ2n) is 6.04. The summed E-state index contributed by atoms with van der Waals surface area (Å²) >= 11 is 4.40. The summed E-state index contributed by atoms with van der Waals surface area (Å²) in [6.07, 6.45) is 5.10. The van der Waals surface area contributed by atoms with Gasteiger partial charge in [-0.25, -0.2) is 0 Å². The Morgan fingerprint density at radius 3 is 3.00 bits per heavy atom. The Morgan fingerprint density at radius 1 is 1.15 bits per heavy atom. The van der Waals surface area contributed by atoms with Crippen molar-refractivity contribution < 1.29 is 9.47 Å². The molecule has 0 aromatic rings. The van der Waals surface area contributed by atoms with Gasteiger partial charge in [-0.2, -0.15) is 23.5 Å². The lowest BCUT2D eigenvalue weighted by Gasteiger charge is -2.28. The molecule has 2 saturated heterocycles. The molecule has 3 aliphatic rings. The van der Waals surface area contributed by atoms with Crippen LogP contribution in [0.25, 0.3) is 0 Å². The summed E-state index contributed by atoms with van der Waals surface area (Å²) in [5, 5.41) is 5.56. The average Bonchev–Trinajstić information content (AvgIpc) is 3.12. The van der Waals surface area contributed by atoms with E-state index in [1.807, 2.05) is 0 Å². The quantitative estimate of drug-likeness (QED) is 0.729. The zero-order valence-electron chi connectivity index (χ0n) is 12.2. The van der Waals surface area contributed by atoms with Gasteiger partial charge < -0.3 is 14.8 Å². The molecule has 0 radical (unpaired) electrons. The predicted molar refractivity (Wildman–Crippen MR) is 87.9 cm³/mol. The summed E-state index contributed by atoms with van der Waals surface area (Å²) < 4.78 is 11.1. The number of fused-ring (bicyclic) bond motifs is 1. The van der Waals surface area contributed by atoms with E-state index in [0.717, 1.165) is 55.9 Å². The number of thioether (sulfide) groups is 2. The first kappa shape index (κ1) is 15.5. The first-order valence-corrected chi connectivity index (χ1v) is 10.2. The van der Waals surface area contributed by atoms with Crippen LogP contribution in [-0.4, -0.2) is 61.0 Å². The first-order chi connectivity index (χ1) is 9.93. The maximum absolute atomic E-state index is 5.76. The molecule has 20 heavy (non-hydrogen) atoms. The minimum Gasteiger partial charge on any atom is -0.381 e. The Labute approximate surface area is 131 Å². The molecular formula is C15H27NO2S2. The van der Waals surface area contributed by atoms with Gasteiger partial charge in [-0.3, -0.25) is 0 Å². The van der Waals surface area contributed by atoms with Gasteiger partial charge in [0.15, 0.2) is 0 Å². The van der Waals surface area contributed by atoms with Gasteiger partial charge in [-0.05, 0) is 32.2 Å². The zero-order chi connectivity index (χ0) is 13.6. The molecular weight excluding hydrogens is 290 g/mol. The third kappa shape index (κ3) is 4.29. The van der Waals surface area contributed by atoms with E-state index in [1.165, 1.54) is 30.8 Å². The highest BCUT2D eigenvalue weighted by Gasteiger charge is 2.38. The molecule has 3 rings (SSSR count). The molecule has 4 atom stereocenters. The van der Waals surface area contributed by atoms with Crippen molar-refractivity contribution in [1.82, 2.24) is 5.32 Å². The molecule has 3 nitrogen and oxygen atoms in total. The monoisotopic (exact) mass is 317 g/mol. The maximum atomic E-state index is 5.76. The number of ether oxygens (including phenoxy) is 2. The predicted octanol–water partition coefficient (Wildman–Crippen LogP) is 2.40. The van der Waals surface area contributed by atoms with Gasteiger partial charge in [0.25, 0.3) is 0 Å². The van der Waals surface area contributed by atoms with E-state index in [2.05, 4.69) is 28.8 Å². The van der Waals surface area contributed by atoms with Gasteiger partial charge in [-0.15, -0.1) is 0 Å². The standard InChI is InChI=1S/C15H27NO2S2/c1(6-17-10-12-4-7-18-11-12)5-16-13-2-3-14-15(13)20-9-8-19-14/h12-16H,1-11H2/t12-,13+,14-,15+/m0/s1. The summed E-state index contributed by atoms with van der Waals surface area (Å²) in [5.41, 5.74) is 0. The molecule has 1 aliphatic carbocycles. The highest BCUT2D eigenvalue weighted by molar-refractivity contribution is 8.07. The van der Waals surface area contributed by atoms with Crippen LogP contribution in [0.1, 0.15) is 25.7 Å². The SMILES string of the molecule is C(CN[C@@H]1CC[C@@H]2SCCS[C@@H]21)COC[C@@H]1CCOC1. The molecule has 0 amide bonds. The summed E-state index contributed by atoms with van der Waals surface area (Å²) in [7, 11) is 0. The van der Waals surface area contributed by atoms with Gasteiger partial charge in [0.1, 0.15) is 0 Å². The summed E-state index contributed by atoms with van der Waals surface area (Å²) in [4.78, 5) is 0. The van der Waals surface area contributed by atoms with Crippen LogP contribution >= 0.6 is 23.5 Å². The van der Waals surface area contributed by atoms with Crippen molar-refractivity contribution in [3.05, 3.63) is 0 Å². The topological polar surface area (TPSA) is 30.5 Å². The van der Waals surface area contributed by atoms with Crippen molar-refractivity contribution in [2.75, 3.05) is 44.5 Å². The van der Waals surface area contributed by atoms with E-state index in [0.29, 0.717) is 5.92 Å². The fourth-order valence-electron chi connectivity index (χ4n) is 3.36. The molecule has 2 aliphatic heterocycles. The highest BCUT2D eigenvalue weighted by atomic mass is 32.2. The third-order valence-corrected chi connectivity index (χ3v) is 7.81. The number of hydrogen-bond donors (Lipinski definition) is 1. The normalized spacial score (nSPS) is 37.2. The average molecular weight is 318 g/mol. The maximum Gasteiger partial charge on any atom is 0.0517 e. The van der Waals surface area contributed by atoms with Crippen LogP contribution in [0.2, 0.25) is 0 Å². The zero-order valence-corrected chi connectivity index (χ0v) is 13.9. The van der Waals surface area contributed by atoms with Gasteiger partial charge in [0, 0.05) is 47.2 Å². The van der Waals surface area contributed by atoms with Crippen LogP contribution in [0, 0.1) is 5.92 Å². The van der Waals surface area contributed by atoms with Crippen LogP contribution in [-0.2, 0) is 9.47 Å². The van der Waals surface area contributed by atoms with E-state index < -0.39 is 0 Å². The van der Waals surface area contributed by atoms with Crippen LogP contribution in [0.5, 0.6) is 0 Å². The molecule has 0 aromatic carbocycles. The summed E-state index contributed by atoms with van der Waals surface area (Å²) in [6, 6.07) is 0.751. The van der Waals surface area contributed by atoms with Gasteiger partial charge >= 0.3 is 0 Å². The number of nitrogens with one attached hydrogen (secondary N) is 1. The molecule has 0 unspecified atom stereocenters. The lowest BCUT2D eigenvalue weighted by molar-refractivity contribution is 0.0880. The van der Waals surface area contributed by atoms with E-state index in [9.17, 15) is 0 Å². The molecule has 0 aromatic heterocycles. The van der Waals surface area contributed by atoms with Crippen LogP contribution in [0.3, 0.4) is 0 Å². The minimum absolute atomic E-state index is 0.647. The Kier molecular flexibility index (Phi) is 6.40. The van der Waals surface area contributed by atoms with E-state index in [1.54, 1.807) is 0 Å². The molecule has 116 valence electrons. The summed E-state index contributed by atoms with van der Waals surface area (Å²) in [5.74, 6) is 3.35. The van der Waals surface area contributed by atoms with Crippen molar-refractivity contribution in [1.29, 1.82) is 0 Å².